The minimum absolute atomic E-state index is 0.0251. The van der Waals surface area contributed by atoms with Crippen LogP contribution in [0.1, 0.15) is 29.6 Å². The predicted molar refractivity (Wildman–Crippen MR) is 80.2 cm³/mol. The molecule has 0 aliphatic heterocycles. The maximum Gasteiger partial charge on any atom is 0.259 e. The first-order valence-electron chi connectivity index (χ1n) is 7.04. The summed E-state index contributed by atoms with van der Waals surface area (Å²) >= 11 is 1.66. The van der Waals surface area contributed by atoms with E-state index < -0.39 is 0 Å². The first kappa shape index (κ1) is 13.7. The standard InChI is InChI=1S/C14H19N3O2S/c1-8-2-3-9-10(6-8)20-14-12(9)13(19)16-11(17-14)7-15-4-5-18/h8,15,18H,2-7H2,1H3,(H,16,17,19). The van der Waals surface area contributed by atoms with Crippen LogP contribution in [-0.4, -0.2) is 28.2 Å². The Balaban J connectivity index is 1.98. The molecule has 2 aromatic heterocycles. The van der Waals surface area contributed by atoms with Gasteiger partial charge < -0.3 is 15.4 Å². The molecule has 1 unspecified atom stereocenters. The molecule has 0 amide bonds. The fourth-order valence-corrected chi connectivity index (χ4v) is 4.17. The zero-order chi connectivity index (χ0) is 14.1. The quantitative estimate of drug-likeness (QED) is 0.740. The van der Waals surface area contributed by atoms with E-state index in [1.165, 1.54) is 10.4 Å². The molecule has 3 N–H and O–H groups in total. The maximum absolute atomic E-state index is 12.3. The summed E-state index contributed by atoms with van der Waals surface area (Å²) < 4.78 is 0. The Bertz CT molecular complexity index is 677. The molecule has 20 heavy (non-hydrogen) atoms. The average Bonchev–Trinajstić information content (AvgIpc) is 2.76. The lowest BCUT2D eigenvalue weighted by molar-refractivity contribution is 0.291. The number of aryl methyl sites for hydroxylation is 1. The summed E-state index contributed by atoms with van der Waals surface area (Å²) in [5.74, 6) is 1.34. The summed E-state index contributed by atoms with van der Waals surface area (Å²) in [6, 6.07) is 0. The second kappa shape index (κ2) is 5.63. The second-order valence-corrected chi connectivity index (χ2v) is 6.53. The monoisotopic (exact) mass is 293 g/mol. The van der Waals surface area contributed by atoms with Gasteiger partial charge in [-0.2, -0.15) is 0 Å². The molecule has 6 heteroatoms. The number of fused-ring (bicyclic) bond motifs is 3. The Morgan fingerprint density at radius 1 is 1.55 bits per heavy atom. The highest BCUT2D eigenvalue weighted by Crippen LogP contribution is 2.35. The lowest BCUT2D eigenvalue weighted by Crippen LogP contribution is -2.22. The molecule has 1 atom stereocenters. The average molecular weight is 293 g/mol. The Morgan fingerprint density at radius 2 is 2.40 bits per heavy atom. The fraction of sp³-hybridized carbons (Fsp3) is 0.571. The third-order valence-corrected chi connectivity index (χ3v) is 4.94. The van der Waals surface area contributed by atoms with Crippen LogP contribution in [0.4, 0.5) is 0 Å². The van der Waals surface area contributed by atoms with Gasteiger partial charge in [0, 0.05) is 11.4 Å². The fourth-order valence-electron chi connectivity index (χ4n) is 2.76. The highest BCUT2D eigenvalue weighted by molar-refractivity contribution is 7.18. The van der Waals surface area contributed by atoms with E-state index in [9.17, 15) is 4.79 Å². The van der Waals surface area contributed by atoms with Crippen molar-refractivity contribution in [3.63, 3.8) is 0 Å². The van der Waals surface area contributed by atoms with Crippen molar-refractivity contribution in [2.75, 3.05) is 13.2 Å². The summed E-state index contributed by atoms with van der Waals surface area (Å²) in [4.78, 5) is 21.9. The first-order valence-corrected chi connectivity index (χ1v) is 7.85. The molecule has 3 rings (SSSR count). The SMILES string of the molecule is CC1CCc2c(sc3nc(CNCCO)[nH]c(=O)c23)C1. The lowest BCUT2D eigenvalue weighted by atomic mass is 9.89. The molecular formula is C14H19N3O2S. The summed E-state index contributed by atoms with van der Waals surface area (Å²) in [6.45, 7) is 3.32. The van der Waals surface area contributed by atoms with Crippen molar-refractivity contribution in [3.8, 4) is 0 Å². The van der Waals surface area contributed by atoms with E-state index in [1.807, 2.05) is 0 Å². The van der Waals surface area contributed by atoms with Crippen LogP contribution >= 0.6 is 11.3 Å². The molecule has 0 fully saturated rings. The molecule has 1 aliphatic rings. The van der Waals surface area contributed by atoms with Gasteiger partial charge in [0.05, 0.1) is 18.5 Å². The molecule has 0 aromatic carbocycles. The number of aromatic nitrogens is 2. The third kappa shape index (κ3) is 2.51. The molecule has 1 aliphatic carbocycles. The van der Waals surface area contributed by atoms with Gasteiger partial charge in [-0.15, -0.1) is 11.3 Å². The van der Waals surface area contributed by atoms with Crippen LogP contribution in [-0.2, 0) is 19.4 Å². The molecule has 0 spiro atoms. The second-order valence-electron chi connectivity index (χ2n) is 5.44. The normalized spacial score (nSPS) is 18.4. The zero-order valence-electron chi connectivity index (χ0n) is 11.5. The van der Waals surface area contributed by atoms with E-state index in [1.54, 1.807) is 11.3 Å². The van der Waals surface area contributed by atoms with Crippen molar-refractivity contribution in [3.05, 3.63) is 26.6 Å². The van der Waals surface area contributed by atoms with Crippen molar-refractivity contribution in [1.29, 1.82) is 0 Å². The molecule has 5 nitrogen and oxygen atoms in total. The van der Waals surface area contributed by atoms with Crippen molar-refractivity contribution < 1.29 is 5.11 Å². The van der Waals surface area contributed by atoms with Gasteiger partial charge in [-0.1, -0.05) is 6.92 Å². The number of nitrogens with one attached hydrogen (secondary N) is 2. The van der Waals surface area contributed by atoms with E-state index in [2.05, 4.69) is 22.2 Å². The Labute approximate surface area is 121 Å². The number of hydrogen-bond acceptors (Lipinski definition) is 5. The van der Waals surface area contributed by atoms with Crippen LogP contribution < -0.4 is 10.9 Å². The van der Waals surface area contributed by atoms with Crippen LogP contribution in [0.5, 0.6) is 0 Å². The van der Waals surface area contributed by atoms with E-state index in [-0.39, 0.29) is 12.2 Å². The van der Waals surface area contributed by atoms with Gasteiger partial charge in [0.1, 0.15) is 10.7 Å². The van der Waals surface area contributed by atoms with Gasteiger partial charge in [-0.25, -0.2) is 4.98 Å². The minimum atomic E-state index is -0.0251. The van der Waals surface area contributed by atoms with Crippen LogP contribution in [0.25, 0.3) is 10.2 Å². The molecule has 0 radical (unpaired) electrons. The van der Waals surface area contributed by atoms with Crippen LogP contribution in [0.3, 0.4) is 0 Å². The van der Waals surface area contributed by atoms with Crippen molar-refractivity contribution in [1.82, 2.24) is 15.3 Å². The summed E-state index contributed by atoms with van der Waals surface area (Å²) in [6.07, 6.45) is 3.20. The third-order valence-electron chi connectivity index (χ3n) is 3.80. The number of thiophene rings is 1. The van der Waals surface area contributed by atoms with Crippen LogP contribution in [0.2, 0.25) is 0 Å². The number of aliphatic hydroxyl groups is 1. The molecule has 0 saturated heterocycles. The predicted octanol–water partition coefficient (Wildman–Crippen LogP) is 1.19. The molecule has 2 heterocycles. The summed E-state index contributed by atoms with van der Waals surface area (Å²) in [5, 5.41) is 12.6. The van der Waals surface area contributed by atoms with E-state index >= 15 is 0 Å². The van der Waals surface area contributed by atoms with Gasteiger partial charge in [0.2, 0.25) is 0 Å². The molecule has 108 valence electrons. The van der Waals surface area contributed by atoms with Gasteiger partial charge in [0.15, 0.2) is 0 Å². The lowest BCUT2D eigenvalue weighted by Gasteiger charge is -2.17. The number of H-pyrrole nitrogens is 1. The molecule has 2 aromatic rings. The van der Waals surface area contributed by atoms with Crippen molar-refractivity contribution in [2.24, 2.45) is 5.92 Å². The number of rotatable bonds is 4. The number of hydrogen-bond donors (Lipinski definition) is 3. The number of nitrogens with zero attached hydrogens (tertiary/aromatic N) is 1. The molecular weight excluding hydrogens is 274 g/mol. The van der Waals surface area contributed by atoms with Crippen LogP contribution in [0.15, 0.2) is 4.79 Å². The van der Waals surface area contributed by atoms with E-state index in [4.69, 9.17) is 5.11 Å². The van der Waals surface area contributed by atoms with Gasteiger partial charge in [-0.05, 0) is 30.7 Å². The molecule has 0 saturated carbocycles. The zero-order valence-corrected chi connectivity index (χ0v) is 12.3. The summed E-state index contributed by atoms with van der Waals surface area (Å²) in [5.41, 5.74) is 1.19. The Morgan fingerprint density at radius 3 is 3.20 bits per heavy atom. The topological polar surface area (TPSA) is 78.0 Å². The van der Waals surface area contributed by atoms with Gasteiger partial charge in [-0.3, -0.25) is 4.79 Å². The highest BCUT2D eigenvalue weighted by atomic mass is 32.1. The van der Waals surface area contributed by atoms with Crippen molar-refractivity contribution >= 4 is 21.6 Å². The van der Waals surface area contributed by atoms with Gasteiger partial charge in [0.25, 0.3) is 5.56 Å². The molecule has 0 bridgehead atoms. The Kier molecular flexibility index (Phi) is 3.87. The first-order chi connectivity index (χ1) is 9.69. The summed E-state index contributed by atoms with van der Waals surface area (Å²) in [7, 11) is 0. The largest absolute Gasteiger partial charge is 0.395 e. The van der Waals surface area contributed by atoms with E-state index in [0.717, 1.165) is 29.5 Å². The maximum atomic E-state index is 12.3. The van der Waals surface area contributed by atoms with Crippen LogP contribution in [0, 0.1) is 5.92 Å². The number of aliphatic hydroxyl groups excluding tert-OH is 1. The van der Waals surface area contributed by atoms with E-state index in [0.29, 0.717) is 24.8 Å². The highest BCUT2D eigenvalue weighted by Gasteiger charge is 2.22. The smallest absolute Gasteiger partial charge is 0.259 e. The minimum Gasteiger partial charge on any atom is -0.395 e. The number of aromatic amines is 1. The van der Waals surface area contributed by atoms with Gasteiger partial charge >= 0.3 is 0 Å². The van der Waals surface area contributed by atoms with Crippen molar-refractivity contribution in [2.45, 2.75) is 32.7 Å². The Hall–Kier alpha value is -1.24.